The minimum Gasteiger partial charge on any atom is -0.463 e. The first-order valence-electron chi connectivity index (χ1n) is 7.61. The molecule has 5 nitrogen and oxygen atoms in total. The number of amides is 1. The number of halogens is 2. The molecule has 26 heavy (non-hydrogen) atoms. The number of aromatic nitrogens is 1. The highest BCUT2D eigenvalue weighted by Crippen LogP contribution is 2.27. The Morgan fingerprint density at radius 1 is 0.885 bits per heavy atom. The van der Waals surface area contributed by atoms with Crippen molar-refractivity contribution in [1.82, 2.24) is 4.98 Å². The molecule has 1 N–H and O–H groups in total. The Balaban J connectivity index is 2.17. The van der Waals surface area contributed by atoms with Crippen molar-refractivity contribution < 1.29 is 9.90 Å². The van der Waals surface area contributed by atoms with Crippen molar-refractivity contribution in [1.29, 1.82) is 0 Å². The zero-order valence-electron chi connectivity index (χ0n) is 13.4. The van der Waals surface area contributed by atoms with Gasteiger partial charge in [0.25, 0.3) is 0 Å². The second kappa shape index (κ2) is 7.99. The average molecular weight is 386 g/mol. The van der Waals surface area contributed by atoms with Gasteiger partial charge in [0.05, 0.1) is 5.71 Å². The molecular formula is C19H13Cl2N3O2. The molecule has 0 atom stereocenters. The Hall–Kier alpha value is -2.89. The highest BCUT2D eigenvalue weighted by atomic mass is 35.5. The maximum absolute atomic E-state index is 11.8. The highest BCUT2D eigenvalue weighted by molar-refractivity contribution is 6.34. The fourth-order valence-corrected chi connectivity index (χ4v) is 2.76. The first-order chi connectivity index (χ1) is 12.6. The van der Waals surface area contributed by atoms with E-state index in [1.165, 1.54) is 12.1 Å². The molecule has 0 saturated carbocycles. The summed E-state index contributed by atoms with van der Waals surface area (Å²) in [5, 5.41) is 14.9. The SMILES string of the molecule is O=C(O)N(N=C(c1ccccc1)c1ccccc1)c1ccc(Cl)nc1Cl. The van der Waals surface area contributed by atoms with Crippen LogP contribution in [0.15, 0.2) is 77.9 Å². The fraction of sp³-hybridized carbons (Fsp3) is 0. The summed E-state index contributed by atoms with van der Waals surface area (Å²) in [6, 6.07) is 21.5. The van der Waals surface area contributed by atoms with Crippen molar-refractivity contribution in [2.75, 3.05) is 5.01 Å². The number of carboxylic acid groups (broad SMARTS) is 1. The number of anilines is 1. The van der Waals surface area contributed by atoms with Gasteiger partial charge in [-0.2, -0.15) is 10.1 Å². The van der Waals surface area contributed by atoms with Gasteiger partial charge in [-0.15, -0.1) is 0 Å². The van der Waals surface area contributed by atoms with E-state index >= 15 is 0 Å². The summed E-state index contributed by atoms with van der Waals surface area (Å²) in [5.74, 6) is 0. The molecule has 130 valence electrons. The number of pyridine rings is 1. The van der Waals surface area contributed by atoms with Crippen molar-refractivity contribution in [3.05, 3.63) is 94.2 Å². The third-order valence-electron chi connectivity index (χ3n) is 3.50. The van der Waals surface area contributed by atoms with Crippen LogP contribution in [-0.4, -0.2) is 21.9 Å². The molecule has 1 aromatic heterocycles. The van der Waals surface area contributed by atoms with Gasteiger partial charge in [0.2, 0.25) is 0 Å². The largest absolute Gasteiger partial charge is 0.463 e. The number of rotatable bonds is 4. The molecule has 0 bridgehead atoms. The zero-order chi connectivity index (χ0) is 18.5. The van der Waals surface area contributed by atoms with Crippen LogP contribution >= 0.6 is 23.2 Å². The van der Waals surface area contributed by atoms with Gasteiger partial charge in [-0.1, -0.05) is 83.9 Å². The van der Waals surface area contributed by atoms with Gasteiger partial charge in [0, 0.05) is 11.1 Å². The molecular weight excluding hydrogens is 373 g/mol. The maximum atomic E-state index is 11.8. The van der Waals surface area contributed by atoms with Gasteiger partial charge in [-0.25, -0.2) is 9.78 Å². The lowest BCUT2D eigenvalue weighted by Gasteiger charge is -2.17. The molecule has 0 radical (unpaired) electrons. The van der Waals surface area contributed by atoms with E-state index in [0.717, 1.165) is 16.1 Å². The van der Waals surface area contributed by atoms with Crippen LogP contribution in [0.25, 0.3) is 0 Å². The summed E-state index contributed by atoms with van der Waals surface area (Å²) in [4.78, 5) is 15.7. The monoisotopic (exact) mass is 385 g/mol. The van der Waals surface area contributed by atoms with Crippen LogP contribution in [0.3, 0.4) is 0 Å². The molecule has 7 heteroatoms. The van der Waals surface area contributed by atoms with E-state index in [1.807, 2.05) is 60.7 Å². The molecule has 1 heterocycles. The number of hydrazone groups is 1. The second-order valence-electron chi connectivity index (χ2n) is 5.22. The van der Waals surface area contributed by atoms with Crippen LogP contribution in [0.2, 0.25) is 10.3 Å². The number of hydrogen-bond acceptors (Lipinski definition) is 3. The third-order valence-corrected chi connectivity index (χ3v) is 3.99. The van der Waals surface area contributed by atoms with Crippen LogP contribution in [0.4, 0.5) is 10.5 Å². The van der Waals surface area contributed by atoms with Crippen molar-refractivity contribution in [2.24, 2.45) is 5.10 Å². The Bertz CT molecular complexity index is 906. The summed E-state index contributed by atoms with van der Waals surface area (Å²) < 4.78 is 0. The standard InChI is InChI=1S/C19H13Cl2N3O2/c20-16-12-11-15(18(21)22-16)24(19(25)26)23-17(13-7-3-1-4-8-13)14-9-5-2-6-10-14/h1-12H,(H,25,26). The molecule has 0 spiro atoms. The summed E-state index contributed by atoms with van der Waals surface area (Å²) in [5.41, 5.74) is 2.14. The van der Waals surface area contributed by atoms with Gasteiger partial charge in [-0.3, -0.25) is 0 Å². The Kier molecular flexibility index (Phi) is 5.51. The van der Waals surface area contributed by atoms with Crippen molar-refractivity contribution in [3.8, 4) is 0 Å². The van der Waals surface area contributed by atoms with Crippen LogP contribution in [0.1, 0.15) is 11.1 Å². The first-order valence-corrected chi connectivity index (χ1v) is 8.36. The van der Waals surface area contributed by atoms with E-state index in [2.05, 4.69) is 10.1 Å². The van der Waals surface area contributed by atoms with Crippen molar-refractivity contribution in [2.45, 2.75) is 0 Å². The van der Waals surface area contributed by atoms with Crippen LogP contribution in [0.5, 0.6) is 0 Å². The smallest absolute Gasteiger partial charge is 0.432 e. The Morgan fingerprint density at radius 2 is 1.42 bits per heavy atom. The van der Waals surface area contributed by atoms with Gasteiger partial charge < -0.3 is 5.11 Å². The average Bonchev–Trinajstić information content (AvgIpc) is 2.65. The molecule has 3 rings (SSSR count). The molecule has 0 fully saturated rings. The van der Waals surface area contributed by atoms with E-state index in [0.29, 0.717) is 5.71 Å². The van der Waals surface area contributed by atoms with Crippen molar-refractivity contribution in [3.63, 3.8) is 0 Å². The maximum Gasteiger partial charge on any atom is 0.432 e. The van der Waals surface area contributed by atoms with E-state index in [1.54, 1.807) is 0 Å². The zero-order valence-corrected chi connectivity index (χ0v) is 14.9. The lowest BCUT2D eigenvalue weighted by Crippen LogP contribution is -2.26. The number of benzene rings is 2. The van der Waals surface area contributed by atoms with Crippen LogP contribution in [0, 0.1) is 0 Å². The molecule has 3 aromatic rings. The Morgan fingerprint density at radius 3 is 1.88 bits per heavy atom. The number of carbonyl (C=O) groups is 1. The summed E-state index contributed by atoms with van der Waals surface area (Å²) in [7, 11) is 0. The minimum absolute atomic E-state index is 0.0517. The summed E-state index contributed by atoms with van der Waals surface area (Å²) in [6.07, 6.45) is -1.29. The normalized spacial score (nSPS) is 10.2. The fourth-order valence-electron chi connectivity index (χ4n) is 2.34. The van der Waals surface area contributed by atoms with E-state index < -0.39 is 6.09 Å². The topological polar surface area (TPSA) is 65.8 Å². The van der Waals surface area contributed by atoms with Crippen LogP contribution < -0.4 is 5.01 Å². The van der Waals surface area contributed by atoms with Crippen molar-refractivity contribution >= 4 is 40.7 Å². The molecule has 0 aliphatic rings. The molecule has 1 amide bonds. The molecule has 0 saturated heterocycles. The lowest BCUT2D eigenvalue weighted by molar-refractivity contribution is 0.202. The number of nitrogens with zero attached hydrogens (tertiary/aromatic N) is 3. The van der Waals surface area contributed by atoms with E-state index in [-0.39, 0.29) is 16.0 Å². The lowest BCUT2D eigenvalue weighted by atomic mass is 10.0. The third kappa shape index (κ3) is 4.02. The predicted octanol–water partition coefficient (Wildman–Crippen LogP) is 5.33. The summed E-state index contributed by atoms with van der Waals surface area (Å²) >= 11 is 11.9. The molecule has 0 aliphatic heterocycles. The van der Waals surface area contributed by atoms with E-state index in [9.17, 15) is 9.90 Å². The molecule has 0 aliphatic carbocycles. The van der Waals surface area contributed by atoms with Gasteiger partial charge in [-0.05, 0) is 12.1 Å². The van der Waals surface area contributed by atoms with Gasteiger partial charge >= 0.3 is 6.09 Å². The van der Waals surface area contributed by atoms with Gasteiger partial charge in [0.1, 0.15) is 10.8 Å². The summed E-state index contributed by atoms with van der Waals surface area (Å²) in [6.45, 7) is 0. The van der Waals surface area contributed by atoms with Crippen LogP contribution in [-0.2, 0) is 0 Å². The number of hydrogen-bond donors (Lipinski definition) is 1. The molecule has 0 unspecified atom stereocenters. The van der Waals surface area contributed by atoms with Gasteiger partial charge in [0.15, 0.2) is 5.15 Å². The minimum atomic E-state index is -1.29. The molecule has 2 aromatic carbocycles. The Labute approximate surface area is 160 Å². The van der Waals surface area contributed by atoms with E-state index in [4.69, 9.17) is 23.2 Å². The predicted molar refractivity (Wildman–Crippen MR) is 103 cm³/mol. The highest BCUT2D eigenvalue weighted by Gasteiger charge is 2.20. The quantitative estimate of drug-likeness (QED) is 0.375. The second-order valence-corrected chi connectivity index (χ2v) is 5.96. The first kappa shape index (κ1) is 17.9.